The number of carbonyl (C=O) groups is 2. The van der Waals surface area contributed by atoms with E-state index >= 15 is 0 Å². The van der Waals surface area contributed by atoms with Crippen molar-refractivity contribution in [3.8, 4) is 11.3 Å². The SMILES string of the molecule is CC(C)n1nccc1-c1ccc2nc(NC(=O)C[C@H]3OC(C)(C)OC3=O)nn2c1. The van der Waals surface area contributed by atoms with Crippen molar-refractivity contribution in [2.24, 2.45) is 0 Å². The van der Waals surface area contributed by atoms with Gasteiger partial charge in [0.1, 0.15) is 0 Å². The molecule has 3 aromatic heterocycles. The molecule has 1 amide bonds. The number of hydrogen-bond acceptors (Lipinski definition) is 7. The van der Waals surface area contributed by atoms with Crippen molar-refractivity contribution in [1.29, 1.82) is 0 Å². The minimum absolute atomic E-state index is 0.148. The zero-order chi connectivity index (χ0) is 20.8. The molecular weight excluding hydrogens is 376 g/mol. The zero-order valence-corrected chi connectivity index (χ0v) is 16.6. The Morgan fingerprint density at radius 2 is 2.10 bits per heavy atom. The van der Waals surface area contributed by atoms with Gasteiger partial charge in [-0.25, -0.2) is 9.31 Å². The number of anilines is 1. The van der Waals surface area contributed by atoms with E-state index in [1.54, 1.807) is 24.6 Å². The highest BCUT2D eigenvalue weighted by Gasteiger charge is 2.42. The maximum atomic E-state index is 12.3. The van der Waals surface area contributed by atoms with E-state index in [0.717, 1.165) is 11.3 Å². The van der Waals surface area contributed by atoms with E-state index in [2.05, 4.69) is 34.3 Å². The van der Waals surface area contributed by atoms with Gasteiger partial charge in [-0.3, -0.25) is 14.8 Å². The molecule has 0 spiro atoms. The number of cyclic esters (lactones) is 1. The van der Waals surface area contributed by atoms with E-state index in [1.807, 2.05) is 29.1 Å². The molecule has 3 aromatic rings. The molecule has 152 valence electrons. The van der Waals surface area contributed by atoms with Gasteiger partial charge in [0.15, 0.2) is 11.8 Å². The minimum atomic E-state index is -1.03. The lowest BCUT2D eigenvalue weighted by molar-refractivity contribution is -0.160. The van der Waals surface area contributed by atoms with E-state index in [9.17, 15) is 9.59 Å². The summed E-state index contributed by atoms with van der Waals surface area (Å²) in [5.41, 5.74) is 2.47. The average Bonchev–Trinajstić information content (AvgIpc) is 3.31. The zero-order valence-electron chi connectivity index (χ0n) is 16.6. The highest BCUT2D eigenvalue weighted by Crippen LogP contribution is 2.26. The van der Waals surface area contributed by atoms with Crippen molar-refractivity contribution in [2.75, 3.05) is 5.32 Å². The van der Waals surface area contributed by atoms with Crippen LogP contribution in [0.4, 0.5) is 5.95 Å². The Kier molecular flexibility index (Phi) is 4.58. The van der Waals surface area contributed by atoms with Crippen molar-refractivity contribution in [2.45, 2.75) is 52.0 Å². The number of ether oxygens (including phenoxy) is 2. The Hall–Kier alpha value is -3.27. The first-order valence-electron chi connectivity index (χ1n) is 9.33. The molecule has 1 aliphatic heterocycles. The van der Waals surface area contributed by atoms with Gasteiger partial charge in [0.25, 0.3) is 0 Å². The van der Waals surface area contributed by atoms with Gasteiger partial charge >= 0.3 is 5.97 Å². The first-order valence-corrected chi connectivity index (χ1v) is 9.33. The monoisotopic (exact) mass is 398 g/mol. The van der Waals surface area contributed by atoms with Crippen LogP contribution in [0.5, 0.6) is 0 Å². The van der Waals surface area contributed by atoms with E-state index in [0.29, 0.717) is 5.65 Å². The maximum Gasteiger partial charge on any atom is 0.338 e. The molecule has 1 saturated heterocycles. The number of carbonyl (C=O) groups excluding carboxylic acids is 2. The molecule has 10 nitrogen and oxygen atoms in total. The second-order valence-electron chi connectivity index (χ2n) is 7.59. The summed E-state index contributed by atoms with van der Waals surface area (Å²) in [7, 11) is 0. The van der Waals surface area contributed by atoms with Crippen LogP contribution in [0, 0.1) is 0 Å². The van der Waals surface area contributed by atoms with Crippen molar-refractivity contribution in [1.82, 2.24) is 24.4 Å². The second kappa shape index (κ2) is 6.96. The van der Waals surface area contributed by atoms with E-state index in [1.165, 1.54) is 0 Å². The van der Waals surface area contributed by atoms with Gasteiger partial charge in [-0.2, -0.15) is 10.1 Å². The average molecular weight is 398 g/mol. The molecule has 1 atom stereocenters. The summed E-state index contributed by atoms with van der Waals surface area (Å²) in [6, 6.07) is 5.89. The standard InChI is InChI=1S/C19H22N6O4/c1-11(2)25-13(7-8-20-25)12-5-6-15-21-18(23-24(15)10-12)22-16(26)9-14-17(27)29-19(3,4)28-14/h5-8,10-11,14H,9H2,1-4H3,(H,22,23,26)/t14-/m1/s1. The van der Waals surface area contributed by atoms with Crippen LogP contribution < -0.4 is 5.32 Å². The molecule has 1 fully saturated rings. The third kappa shape index (κ3) is 3.83. The van der Waals surface area contributed by atoms with E-state index < -0.39 is 23.8 Å². The number of aromatic nitrogens is 5. The first kappa shape index (κ1) is 19.1. The normalized spacial score (nSPS) is 18.4. The number of rotatable bonds is 5. The Morgan fingerprint density at radius 3 is 2.79 bits per heavy atom. The number of nitrogens with one attached hydrogen (secondary N) is 1. The topological polar surface area (TPSA) is 113 Å². The third-order valence-corrected chi connectivity index (χ3v) is 4.44. The van der Waals surface area contributed by atoms with E-state index in [-0.39, 0.29) is 18.4 Å². The summed E-state index contributed by atoms with van der Waals surface area (Å²) >= 11 is 0. The predicted molar refractivity (Wildman–Crippen MR) is 103 cm³/mol. The molecule has 0 radical (unpaired) electrons. The van der Waals surface area contributed by atoms with Crippen LogP contribution >= 0.6 is 0 Å². The third-order valence-electron chi connectivity index (χ3n) is 4.44. The van der Waals surface area contributed by atoms with Gasteiger partial charge in [-0.1, -0.05) is 0 Å². The molecule has 0 aliphatic carbocycles. The van der Waals surface area contributed by atoms with Crippen LogP contribution in [0.1, 0.15) is 40.2 Å². The second-order valence-corrected chi connectivity index (χ2v) is 7.59. The minimum Gasteiger partial charge on any atom is -0.432 e. The van der Waals surface area contributed by atoms with Crippen LogP contribution in [-0.4, -0.2) is 48.1 Å². The fraction of sp³-hybridized carbons (Fsp3) is 0.421. The Morgan fingerprint density at radius 1 is 1.31 bits per heavy atom. The van der Waals surface area contributed by atoms with Crippen molar-refractivity contribution < 1.29 is 19.1 Å². The molecule has 1 N–H and O–H groups in total. The van der Waals surface area contributed by atoms with Crippen molar-refractivity contribution in [3.63, 3.8) is 0 Å². The molecule has 0 unspecified atom stereocenters. The number of amides is 1. The molecule has 4 rings (SSSR count). The Bertz CT molecular complexity index is 1080. The summed E-state index contributed by atoms with van der Waals surface area (Å²) < 4.78 is 14.0. The Labute approximate surface area is 166 Å². The van der Waals surface area contributed by atoms with Crippen molar-refractivity contribution in [3.05, 3.63) is 30.6 Å². The predicted octanol–water partition coefficient (Wildman–Crippen LogP) is 2.18. The molecular formula is C19H22N6O4. The van der Waals surface area contributed by atoms with Crippen LogP contribution in [-0.2, 0) is 19.1 Å². The van der Waals surface area contributed by atoms with Gasteiger partial charge < -0.3 is 9.47 Å². The number of nitrogens with zero attached hydrogens (tertiary/aromatic N) is 5. The molecule has 10 heteroatoms. The molecule has 0 saturated carbocycles. The maximum absolute atomic E-state index is 12.3. The lowest BCUT2D eigenvalue weighted by Crippen LogP contribution is -2.26. The van der Waals surface area contributed by atoms with Crippen molar-refractivity contribution >= 4 is 23.5 Å². The fourth-order valence-corrected chi connectivity index (χ4v) is 3.23. The quantitative estimate of drug-likeness (QED) is 0.656. The fourth-order valence-electron chi connectivity index (χ4n) is 3.23. The summed E-state index contributed by atoms with van der Waals surface area (Å²) in [5.74, 6) is -1.87. The number of hydrogen-bond donors (Lipinski definition) is 1. The van der Waals surface area contributed by atoms with Crippen LogP contribution in [0.15, 0.2) is 30.6 Å². The van der Waals surface area contributed by atoms with Crippen LogP contribution in [0.3, 0.4) is 0 Å². The molecule has 1 aliphatic rings. The van der Waals surface area contributed by atoms with Gasteiger partial charge in [0, 0.05) is 37.8 Å². The summed E-state index contributed by atoms with van der Waals surface area (Å²) in [6.45, 7) is 7.36. The number of pyridine rings is 1. The molecule has 4 heterocycles. The summed E-state index contributed by atoms with van der Waals surface area (Å²) in [5, 5.41) is 11.3. The Balaban J connectivity index is 1.50. The van der Waals surface area contributed by atoms with Gasteiger partial charge in [-0.15, -0.1) is 5.10 Å². The number of fused-ring (bicyclic) bond motifs is 1. The smallest absolute Gasteiger partial charge is 0.338 e. The summed E-state index contributed by atoms with van der Waals surface area (Å²) in [6.07, 6.45) is 2.47. The van der Waals surface area contributed by atoms with Crippen LogP contribution in [0.2, 0.25) is 0 Å². The molecule has 0 aromatic carbocycles. The lowest BCUT2D eigenvalue weighted by Gasteiger charge is -2.14. The van der Waals surface area contributed by atoms with E-state index in [4.69, 9.17) is 9.47 Å². The number of esters is 1. The van der Waals surface area contributed by atoms with Gasteiger partial charge in [0.2, 0.25) is 17.6 Å². The molecule has 0 bridgehead atoms. The highest BCUT2D eigenvalue weighted by molar-refractivity contribution is 5.93. The van der Waals surface area contributed by atoms with Crippen LogP contribution in [0.25, 0.3) is 16.9 Å². The molecule has 29 heavy (non-hydrogen) atoms. The first-order chi connectivity index (χ1) is 13.7. The summed E-state index contributed by atoms with van der Waals surface area (Å²) in [4.78, 5) is 28.3. The van der Waals surface area contributed by atoms with Gasteiger partial charge in [0.05, 0.1) is 12.1 Å². The largest absolute Gasteiger partial charge is 0.432 e. The lowest BCUT2D eigenvalue weighted by atomic mass is 10.2. The highest BCUT2D eigenvalue weighted by atomic mass is 16.8. The van der Waals surface area contributed by atoms with Gasteiger partial charge in [-0.05, 0) is 32.0 Å².